The Kier molecular flexibility index (Phi) is 4.76. The molecule has 1 aromatic heterocycles. The predicted molar refractivity (Wildman–Crippen MR) is 111 cm³/mol. The number of H-pyrrole nitrogens is 1. The van der Waals surface area contributed by atoms with Gasteiger partial charge in [0.25, 0.3) is 0 Å². The van der Waals surface area contributed by atoms with Gasteiger partial charge in [-0.05, 0) is 42.5 Å². The second-order valence-electron chi connectivity index (χ2n) is 6.38. The summed E-state index contributed by atoms with van der Waals surface area (Å²) in [4.78, 5) is 15.6. The molecule has 0 atom stereocenters. The summed E-state index contributed by atoms with van der Waals surface area (Å²) in [5.41, 5.74) is 4.11. The number of hydrogen-bond acceptors (Lipinski definition) is 4. The standard InChI is InChI=1S/C22H21N3O3/c1-27-20-9-6-10-21(28-2)17(20)14-25-19-12-11-16(13-18(19)24-22(25)26)23-15-7-4-3-5-8-15/h3-13,23H,14H2,1-2H3,(H,24,26). The van der Waals surface area contributed by atoms with Crippen molar-refractivity contribution in [3.05, 3.63) is 82.8 Å². The minimum atomic E-state index is -0.181. The number of methoxy groups -OCH3 is 2. The van der Waals surface area contributed by atoms with Gasteiger partial charge in [-0.3, -0.25) is 4.57 Å². The lowest BCUT2D eigenvalue weighted by Gasteiger charge is -2.13. The second-order valence-corrected chi connectivity index (χ2v) is 6.38. The SMILES string of the molecule is COc1cccc(OC)c1Cn1c(=O)[nH]c2cc(Nc3ccccc3)ccc21. The van der Waals surface area contributed by atoms with Gasteiger partial charge in [0, 0.05) is 11.4 Å². The van der Waals surface area contributed by atoms with Crippen molar-refractivity contribution in [2.75, 3.05) is 19.5 Å². The van der Waals surface area contributed by atoms with Crippen molar-refractivity contribution in [1.82, 2.24) is 9.55 Å². The third-order valence-electron chi connectivity index (χ3n) is 4.68. The minimum Gasteiger partial charge on any atom is -0.496 e. The molecule has 0 spiro atoms. The van der Waals surface area contributed by atoms with Gasteiger partial charge in [-0.15, -0.1) is 0 Å². The minimum absolute atomic E-state index is 0.181. The number of fused-ring (bicyclic) bond motifs is 1. The summed E-state index contributed by atoms with van der Waals surface area (Å²) in [6.45, 7) is 0.345. The van der Waals surface area contributed by atoms with Gasteiger partial charge in [0.05, 0.1) is 37.4 Å². The summed E-state index contributed by atoms with van der Waals surface area (Å²) in [5.74, 6) is 1.37. The maximum Gasteiger partial charge on any atom is 0.326 e. The molecular formula is C22H21N3O3. The Bertz CT molecular complexity index is 1140. The maximum atomic E-state index is 12.6. The fourth-order valence-electron chi connectivity index (χ4n) is 3.33. The molecule has 0 saturated heterocycles. The van der Waals surface area contributed by atoms with Crippen molar-refractivity contribution in [2.24, 2.45) is 0 Å². The van der Waals surface area contributed by atoms with E-state index < -0.39 is 0 Å². The van der Waals surface area contributed by atoms with Crippen molar-refractivity contribution >= 4 is 22.4 Å². The van der Waals surface area contributed by atoms with E-state index in [4.69, 9.17) is 9.47 Å². The van der Waals surface area contributed by atoms with E-state index in [9.17, 15) is 4.79 Å². The molecule has 6 nitrogen and oxygen atoms in total. The second kappa shape index (κ2) is 7.52. The van der Waals surface area contributed by atoms with Crippen LogP contribution in [0.2, 0.25) is 0 Å². The number of nitrogens with zero attached hydrogens (tertiary/aromatic N) is 1. The number of para-hydroxylation sites is 1. The summed E-state index contributed by atoms with van der Waals surface area (Å²) < 4.78 is 12.6. The Morgan fingerprint density at radius 1 is 0.893 bits per heavy atom. The van der Waals surface area contributed by atoms with Gasteiger partial charge in [0.15, 0.2) is 0 Å². The highest BCUT2D eigenvalue weighted by atomic mass is 16.5. The third-order valence-corrected chi connectivity index (χ3v) is 4.68. The number of hydrogen-bond donors (Lipinski definition) is 2. The molecule has 2 N–H and O–H groups in total. The van der Waals surface area contributed by atoms with Crippen molar-refractivity contribution < 1.29 is 9.47 Å². The molecule has 0 aliphatic carbocycles. The van der Waals surface area contributed by atoms with Crippen LogP contribution in [0.3, 0.4) is 0 Å². The van der Waals surface area contributed by atoms with E-state index in [1.165, 1.54) is 0 Å². The molecule has 0 aliphatic heterocycles. The van der Waals surface area contributed by atoms with Gasteiger partial charge >= 0.3 is 5.69 Å². The lowest BCUT2D eigenvalue weighted by molar-refractivity contribution is 0.383. The highest BCUT2D eigenvalue weighted by Gasteiger charge is 2.14. The fraction of sp³-hybridized carbons (Fsp3) is 0.136. The average Bonchev–Trinajstić information content (AvgIpc) is 3.03. The van der Waals surface area contributed by atoms with Gasteiger partial charge in [0.2, 0.25) is 0 Å². The molecule has 0 aliphatic rings. The van der Waals surface area contributed by atoms with E-state index >= 15 is 0 Å². The first-order chi connectivity index (χ1) is 13.7. The Hall–Kier alpha value is -3.67. The Morgan fingerprint density at radius 3 is 2.29 bits per heavy atom. The number of benzene rings is 3. The number of nitrogens with one attached hydrogen (secondary N) is 2. The summed E-state index contributed by atoms with van der Waals surface area (Å²) in [6.07, 6.45) is 0. The molecule has 6 heteroatoms. The number of imidazole rings is 1. The van der Waals surface area contributed by atoms with Crippen LogP contribution in [-0.4, -0.2) is 23.8 Å². The lowest BCUT2D eigenvalue weighted by atomic mass is 10.1. The summed E-state index contributed by atoms with van der Waals surface area (Å²) in [7, 11) is 3.22. The first-order valence-electron chi connectivity index (χ1n) is 8.94. The van der Waals surface area contributed by atoms with Gasteiger partial charge < -0.3 is 19.8 Å². The van der Waals surface area contributed by atoms with E-state index in [0.717, 1.165) is 28.0 Å². The molecule has 3 aromatic carbocycles. The topological polar surface area (TPSA) is 68.3 Å². The molecule has 1 heterocycles. The van der Waals surface area contributed by atoms with Crippen molar-refractivity contribution in [2.45, 2.75) is 6.54 Å². The molecular weight excluding hydrogens is 354 g/mol. The Morgan fingerprint density at radius 2 is 1.61 bits per heavy atom. The van der Waals surface area contributed by atoms with Gasteiger partial charge in [0.1, 0.15) is 11.5 Å². The van der Waals surface area contributed by atoms with E-state index in [2.05, 4.69) is 10.3 Å². The van der Waals surface area contributed by atoms with Gasteiger partial charge in [-0.1, -0.05) is 24.3 Å². The third kappa shape index (κ3) is 3.32. The smallest absolute Gasteiger partial charge is 0.326 e. The number of aromatic amines is 1. The Labute approximate surface area is 162 Å². The Balaban J connectivity index is 1.71. The van der Waals surface area contributed by atoms with E-state index in [1.54, 1.807) is 18.8 Å². The van der Waals surface area contributed by atoms with Crippen LogP contribution in [0.4, 0.5) is 11.4 Å². The van der Waals surface area contributed by atoms with Crippen LogP contribution in [0.1, 0.15) is 5.56 Å². The van der Waals surface area contributed by atoms with Gasteiger partial charge in [-0.2, -0.15) is 0 Å². The molecule has 4 rings (SSSR count). The molecule has 0 fully saturated rings. The molecule has 0 saturated carbocycles. The zero-order valence-electron chi connectivity index (χ0n) is 15.7. The van der Waals surface area contributed by atoms with Crippen LogP contribution < -0.4 is 20.5 Å². The van der Waals surface area contributed by atoms with E-state index in [-0.39, 0.29) is 5.69 Å². The van der Waals surface area contributed by atoms with Crippen LogP contribution in [0, 0.1) is 0 Å². The van der Waals surface area contributed by atoms with Crippen molar-refractivity contribution in [3.63, 3.8) is 0 Å². The maximum absolute atomic E-state index is 12.6. The molecule has 0 unspecified atom stereocenters. The summed E-state index contributed by atoms with van der Waals surface area (Å²) >= 11 is 0. The molecule has 28 heavy (non-hydrogen) atoms. The zero-order chi connectivity index (χ0) is 19.5. The highest BCUT2D eigenvalue weighted by molar-refractivity contribution is 5.81. The fourth-order valence-corrected chi connectivity index (χ4v) is 3.33. The van der Waals surface area contributed by atoms with Crippen molar-refractivity contribution in [3.8, 4) is 11.5 Å². The molecule has 0 bridgehead atoms. The number of ether oxygens (including phenoxy) is 2. The first kappa shape index (κ1) is 17.7. The monoisotopic (exact) mass is 375 g/mol. The van der Waals surface area contributed by atoms with Gasteiger partial charge in [-0.25, -0.2) is 4.79 Å². The largest absolute Gasteiger partial charge is 0.496 e. The van der Waals surface area contributed by atoms with Crippen LogP contribution in [0.5, 0.6) is 11.5 Å². The molecule has 142 valence electrons. The van der Waals surface area contributed by atoms with Crippen LogP contribution in [0.15, 0.2) is 71.5 Å². The van der Waals surface area contributed by atoms with E-state index in [0.29, 0.717) is 18.0 Å². The van der Waals surface area contributed by atoms with Crippen LogP contribution in [-0.2, 0) is 6.54 Å². The summed E-state index contributed by atoms with van der Waals surface area (Å²) in [5, 5.41) is 3.34. The first-order valence-corrected chi connectivity index (χ1v) is 8.94. The average molecular weight is 375 g/mol. The quantitative estimate of drug-likeness (QED) is 0.531. The lowest BCUT2D eigenvalue weighted by Crippen LogP contribution is -2.18. The number of rotatable bonds is 6. The normalized spacial score (nSPS) is 10.8. The summed E-state index contributed by atoms with van der Waals surface area (Å²) in [6, 6.07) is 21.3. The molecule has 0 radical (unpaired) electrons. The van der Waals surface area contributed by atoms with Crippen LogP contribution in [0.25, 0.3) is 11.0 Å². The number of aromatic nitrogens is 2. The highest BCUT2D eigenvalue weighted by Crippen LogP contribution is 2.30. The molecule has 4 aromatic rings. The van der Waals surface area contributed by atoms with Crippen LogP contribution >= 0.6 is 0 Å². The van der Waals surface area contributed by atoms with Crippen molar-refractivity contribution in [1.29, 1.82) is 0 Å². The number of anilines is 2. The zero-order valence-corrected chi connectivity index (χ0v) is 15.7. The predicted octanol–water partition coefficient (Wildman–Crippen LogP) is 4.14. The molecule has 0 amide bonds. The van der Waals surface area contributed by atoms with E-state index in [1.807, 2.05) is 66.7 Å².